The summed E-state index contributed by atoms with van der Waals surface area (Å²) in [5.41, 5.74) is 1.94. The molecule has 0 aliphatic heterocycles. The fourth-order valence-electron chi connectivity index (χ4n) is 3.41. The first kappa shape index (κ1) is 23.0. The Kier molecular flexibility index (Phi) is 7.16. The van der Waals surface area contributed by atoms with Gasteiger partial charge in [-0.25, -0.2) is 0 Å². The highest BCUT2D eigenvalue weighted by atomic mass is 35.5. The van der Waals surface area contributed by atoms with Gasteiger partial charge in [0.15, 0.2) is 0 Å². The van der Waals surface area contributed by atoms with Crippen LogP contribution in [0.5, 0.6) is 17.2 Å². The fourth-order valence-corrected chi connectivity index (χ4v) is 3.58. The van der Waals surface area contributed by atoms with Crippen LogP contribution in [0.3, 0.4) is 0 Å². The van der Waals surface area contributed by atoms with Crippen LogP contribution in [-0.2, 0) is 11.8 Å². The summed E-state index contributed by atoms with van der Waals surface area (Å²) in [6.45, 7) is 4.17. The second-order valence-corrected chi connectivity index (χ2v) is 8.40. The third kappa shape index (κ3) is 6.93. The molecule has 2 nitrogen and oxygen atoms in total. The number of hydrogen-bond acceptors (Lipinski definition) is 2. The second-order valence-electron chi connectivity index (χ2n) is 7.99. The Bertz CT molecular complexity index is 998. The van der Waals surface area contributed by atoms with Crippen LogP contribution in [0.4, 0.5) is 13.2 Å². The Morgan fingerprint density at radius 2 is 1.55 bits per heavy atom. The van der Waals surface area contributed by atoms with Crippen LogP contribution in [-0.4, -0.2) is 6.36 Å². The third-order valence-electron chi connectivity index (χ3n) is 5.10. The predicted molar refractivity (Wildman–Crippen MR) is 117 cm³/mol. The van der Waals surface area contributed by atoms with Gasteiger partial charge in [-0.05, 0) is 72.2 Å². The summed E-state index contributed by atoms with van der Waals surface area (Å²) in [5.74, 6) is 1.13. The molecule has 0 heterocycles. The highest BCUT2D eigenvalue weighted by molar-refractivity contribution is 6.32. The predicted octanol–water partition coefficient (Wildman–Crippen LogP) is 8.33. The molecule has 0 aromatic heterocycles. The topological polar surface area (TPSA) is 18.5 Å². The quantitative estimate of drug-likeness (QED) is 0.345. The fraction of sp³-hybridized carbons (Fsp3) is 0.280. The van der Waals surface area contributed by atoms with Gasteiger partial charge in [-0.15, -0.1) is 13.2 Å². The molecule has 0 aliphatic carbocycles. The molecule has 164 valence electrons. The number of alkyl halides is 3. The Labute approximate surface area is 185 Å². The molecule has 0 bridgehead atoms. The van der Waals surface area contributed by atoms with Crippen molar-refractivity contribution in [1.82, 2.24) is 0 Å². The third-order valence-corrected chi connectivity index (χ3v) is 5.41. The molecular formula is C25H24ClF3O2. The largest absolute Gasteiger partial charge is 0.573 e. The average Bonchev–Trinajstić information content (AvgIpc) is 2.69. The molecular weight excluding hydrogens is 425 g/mol. The SMILES string of the molecule is CC(C)(CCCc1cccc(Oc2ccccc2Cl)c1)c1ccc(OC(F)(F)F)cc1. The maximum atomic E-state index is 12.3. The summed E-state index contributed by atoms with van der Waals surface area (Å²) in [6, 6.07) is 21.3. The van der Waals surface area contributed by atoms with Gasteiger partial charge in [-0.2, -0.15) is 0 Å². The van der Waals surface area contributed by atoms with E-state index in [9.17, 15) is 13.2 Å². The van der Waals surface area contributed by atoms with Gasteiger partial charge in [0.25, 0.3) is 0 Å². The van der Waals surface area contributed by atoms with E-state index in [2.05, 4.69) is 24.7 Å². The van der Waals surface area contributed by atoms with Crippen molar-refractivity contribution in [1.29, 1.82) is 0 Å². The molecule has 3 aromatic rings. The maximum absolute atomic E-state index is 12.3. The molecule has 0 saturated carbocycles. The zero-order chi connectivity index (χ0) is 22.5. The smallest absolute Gasteiger partial charge is 0.456 e. The average molecular weight is 449 g/mol. The van der Waals surface area contributed by atoms with Crippen molar-refractivity contribution in [3.63, 3.8) is 0 Å². The van der Waals surface area contributed by atoms with Gasteiger partial charge < -0.3 is 9.47 Å². The molecule has 0 aliphatic rings. The molecule has 6 heteroatoms. The van der Waals surface area contributed by atoms with Crippen molar-refractivity contribution >= 4 is 11.6 Å². The lowest BCUT2D eigenvalue weighted by Crippen LogP contribution is -2.19. The molecule has 0 radical (unpaired) electrons. The van der Waals surface area contributed by atoms with Gasteiger partial charge in [0, 0.05) is 0 Å². The summed E-state index contributed by atoms with van der Waals surface area (Å²) >= 11 is 6.16. The van der Waals surface area contributed by atoms with Crippen LogP contribution in [0, 0.1) is 0 Å². The Hall–Kier alpha value is -2.66. The summed E-state index contributed by atoms with van der Waals surface area (Å²) in [6.07, 6.45) is -2.02. The molecule has 0 spiro atoms. The molecule has 31 heavy (non-hydrogen) atoms. The molecule has 0 N–H and O–H groups in total. The lowest BCUT2D eigenvalue weighted by Gasteiger charge is -2.25. The van der Waals surface area contributed by atoms with Crippen LogP contribution < -0.4 is 9.47 Å². The van der Waals surface area contributed by atoms with Crippen LogP contribution in [0.15, 0.2) is 72.8 Å². The number of benzene rings is 3. The first-order valence-corrected chi connectivity index (χ1v) is 10.4. The van der Waals surface area contributed by atoms with Crippen LogP contribution in [0.25, 0.3) is 0 Å². The van der Waals surface area contributed by atoms with Gasteiger partial charge in [0.1, 0.15) is 17.2 Å². The Morgan fingerprint density at radius 1 is 0.839 bits per heavy atom. The van der Waals surface area contributed by atoms with Gasteiger partial charge in [0.05, 0.1) is 5.02 Å². The van der Waals surface area contributed by atoms with Crippen molar-refractivity contribution in [2.75, 3.05) is 0 Å². The lowest BCUT2D eigenvalue weighted by molar-refractivity contribution is -0.274. The van der Waals surface area contributed by atoms with E-state index in [1.165, 1.54) is 12.1 Å². The van der Waals surface area contributed by atoms with Crippen LogP contribution >= 0.6 is 11.6 Å². The number of halogens is 4. The van der Waals surface area contributed by atoms with Crippen molar-refractivity contribution in [3.8, 4) is 17.2 Å². The zero-order valence-corrected chi connectivity index (χ0v) is 18.1. The standard InChI is InChI=1S/C25H24ClF3O2/c1-24(2,19-12-14-20(15-13-19)31-25(27,28)29)16-6-8-18-7-5-9-21(17-18)30-23-11-4-3-10-22(23)26/h3-5,7,9-15,17H,6,8,16H2,1-2H3. The number of aryl methyl sites for hydroxylation is 1. The van der Waals surface area contributed by atoms with Crippen molar-refractivity contribution < 1.29 is 22.6 Å². The molecule has 0 saturated heterocycles. The minimum atomic E-state index is -4.68. The van der Waals surface area contributed by atoms with Crippen molar-refractivity contribution in [3.05, 3.63) is 88.9 Å². The molecule has 0 atom stereocenters. The van der Waals surface area contributed by atoms with Gasteiger partial charge in [0.2, 0.25) is 0 Å². The van der Waals surface area contributed by atoms with E-state index in [1.54, 1.807) is 18.2 Å². The molecule has 0 fully saturated rings. The van der Waals surface area contributed by atoms with Crippen LogP contribution in [0.2, 0.25) is 5.02 Å². The Balaban J connectivity index is 1.57. The highest BCUT2D eigenvalue weighted by Crippen LogP contribution is 2.33. The molecule has 3 rings (SSSR count). The second kappa shape index (κ2) is 9.65. The summed E-state index contributed by atoms with van der Waals surface area (Å²) in [4.78, 5) is 0. The molecule has 0 unspecified atom stereocenters. The first-order chi connectivity index (χ1) is 14.6. The number of para-hydroxylation sites is 1. The van der Waals surface area contributed by atoms with E-state index in [-0.39, 0.29) is 11.2 Å². The van der Waals surface area contributed by atoms with E-state index < -0.39 is 6.36 Å². The summed E-state index contributed by atoms with van der Waals surface area (Å²) in [7, 11) is 0. The number of ether oxygens (including phenoxy) is 2. The van der Waals surface area contributed by atoms with E-state index in [4.69, 9.17) is 16.3 Å². The number of rotatable bonds is 8. The van der Waals surface area contributed by atoms with Gasteiger partial charge >= 0.3 is 6.36 Å². The van der Waals surface area contributed by atoms with Gasteiger partial charge in [-0.3, -0.25) is 0 Å². The van der Waals surface area contributed by atoms with E-state index in [1.807, 2.05) is 36.4 Å². The minimum Gasteiger partial charge on any atom is -0.456 e. The molecule has 0 amide bonds. The lowest BCUT2D eigenvalue weighted by atomic mass is 9.80. The van der Waals surface area contributed by atoms with E-state index in [0.29, 0.717) is 10.8 Å². The Morgan fingerprint density at radius 3 is 2.23 bits per heavy atom. The minimum absolute atomic E-state index is 0.178. The summed E-state index contributed by atoms with van der Waals surface area (Å²) < 4.78 is 46.8. The van der Waals surface area contributed by atoms with Gasteiger partial charge in [-0.1, -0.05) is 61.8 Å². The van der Waals surface area contributed by atoms with Crippen molar-refractivity contribution in [2.45, 2.75) is 44.9 Å². The first-order valence-electron chi connectivity index (χ1n) is 10.00. The van der Waals surface area contributed by atoms with E-state index >= 15 is 0 Å². The maximum Gasteiger partial charge on any atom is 0.573 e. The zero-order valence-electron chi connectivity index (χ0n) is 17.4. The molecule has 3 aromatic carbocycles. The monoisotopic (exact) mass is 448 g/mol. The normalized spacial score (nSPS) is 11.9. The summed E-state index contributed by atoms with van der Waals surface area (Å²) in [5, 5.41) is 0.557. The van der Waals surface area contributed by atoms with E-state index in [0.717, 1.165) is 36.1 Å². The highest BCUT2D eigenvalue weighted by Gasteiger charge is 2.31. The van der Waals surface area contributed by atoms with Crippen molar-refractivity contribution in [2.24, 2.45) is 0 Å². The number of hydrogen-bond donors (Lipinski definition) is 0. The van der Waals surface area contributed by atoms with Crippen LogP contribution in [0.1, 0.15) is 37.8 Å².